The molecule has 2 unspecified atom stereocenters. The topological polar surface area (TPSA) is 133 Å². The summed E-state index contributed by atoms with van der Waals surface area (Å²) in [6.07, 6.45) is 6.76. The molecular formula is C19H23N9O2. The maximum atomic E-state index is 12.0. The summed E-state index contributed by atoms with van der Waals surface area (Å²) in [5.41, 5.74) is 2.54. The fourth-order valence-corrected chi connectivity index (χ4v) is 3.48. The lowest BCUT2D eigenvalue weighted by molar-refractivity contribution is -0.121. The van der Waals surface area contributed by atoms with E-state index in [1.807, 2.05) is 24.1 Å². The zero-order chi connectivity index (χ0) is 20.7. The van der Waals surface area contributed by atoms with Crippen LogP contribution in [0.4, 0.5) is 11.9 Å². The molecule has 2 aliphatic rings. The highest BCUT2D eigenvalue weighted by molar-refractivity contribution is 5.84. The molecule has 3 aromatic rings. The standard InChI is InChI=1S/C19H23N9O2/c1-27(10-11-4-6-20-7-5-11)17-24-15-12(8-14-16(29)25-19(30)23-14)9-21-28(15)18(26-17)22-13-2-3-13/h4-7,9,13-14,19,23,30H,2-3,8,10H2,1H3,(H,25,29)(H,22,24,26). The minimum Gasteiger partial charge on any atom is -0.361 e. The molecule has 11 nitrogen and oxygen atoms in total. The molecule has 1 saturated heterocycles. The molecule has 3 aromatic heterocycles. The highest BCUT2D eigenvalue weighted by Gasteiger charge is 2.31. The SMILES string of the molecule is CN(Cc1ccncc1)c1nc(NC2CC2)n2ncc(CC3NC(O)NC3=O)c2n1. The number of anilines is 2. The monoisotopic (exact) mass is 409 g/mol. The van der Waals surface area contributed by atoms with Gasteiger partial charge < -0.3 is 20.6 Å². The lowest BCUT2D eigenvalue weighted by Gasteiger charge is -2.19. The summed E-state index contributed by atoms with van der Waals surface area (Å²) in [4.78, 5) is 27.5. The normalized spacial score (nSPS) is 21.1. The largest absolute Gasteiger partial charge is 0.361 e. The number of amides is 1. The van der Waals surface area contributed by atoms with Crippen LogP contribution in [0.3, 0.4) is 0 Å². The first-order chi connectivity index (χ1) is 14.6. The number of nitrogens with one attached hydrogen (secondary N) is 3. The van der Waals surface area contributed by atoms with Gasteiger partial charge in [-0.3, -0.25) is 15.1 Å². The average Bonchev–Trinajstić information content (AvgIpc) is 3.37. The molecule has 0 spiro atoms. The van der Waals surface area contributed by atoms with Crippen molar-refractivity contribution in [3.63, 3.8) is 0 Å². The molecule has 11 heteroatoms. The van der Waals surface area contributed by atoms with Crippen molar-refractivity contribution in [2.24, 2.45) is 0 Å². The Kier molecular flexibility index (Phi) is 4.68. The Morgan fingerprint density at radius 3 is 2.80 bits per heavy atom. The van der Waals surface area contributed by atoms with Crippen LogP contribution < -0.4 is 20.9 Å². The van der Waals surface area contributed by atoms with E-state index in [0.717, 1.165) is 24.0 Å². The molecule has 4 heterocycles. The quantitative estimate of drug-likeness (QED) is 0.413. The van der Waals surface area contributed by atoms with Gasteiger partial charge in [0.15, 0.2) is 12.0 Å². The van der Waals surface area contributed by atoms with Crippen LogP contribution in [0.2, 0.25) is 0 Å². The molecule has 0 radical (unpaired) electrons. The number of hydrogen-bond acceptors (Lipinski definition) is 9. The third-order valence-electron chi connectivity index (χ3n) is 5.23. The number of pyridine rings is 1. The van der Waals surface area contributed by atoms with Gasteiger partial charge in [-0.25, -0.2) is 0 Å². The Bertz CT molecular complexity index is 1070. The van der Waals surface area contributed by atoms with Crippen LogP contribution in [0.1, 0.15) is 24.0 Å². The van der Waals surface area contributed by atoms with E-state index in [4.69, 9.17) is 9.97 Å². The number of aliphatic hydroxyl groups is 1. The van der Waals surface area contributed by atoms with Gasteiger partial charge in [0.25, 0.3) is 0 Å². The van der Waals surface area contributed by atoms with Gasteiger partial charge in [0.1, 0.15) is 0 Å². The van der Waals surface area contributed by atoms with Crippen molar-refractivity contribution in [1.29, 1.82) is 0 Å². The molecule has 2 atom stereocenters. The minimum atomic E-state index is -1.03. The zero-order valence-corrected chi connectivity index (χ0v) is 16.5. The molecule has 0 aromatic carbocycles. The van der Waals surface area contributed by atoms with Crippen LogP contribution in [0.15, 0.2) is 30.7 Å². The molecule has 156 valence electrons. The summed E-state index contributed by atoms with van der Waals surface area (Å²) in [6, 6.07) is 3.77. The van der Waals surface area contributed by atoms with Gasteiger partial charge in [-0.05, 0) is 30.5 Å². The molecule has 0 bridgehead atoms. The number of fused-ring (bicyclic) bond motifs is 1. The first-order valence-corrected chi connectivity index (χ1v) is 9.92. The Morgan fingerprint density at radius 2 is 2.10 bits per heavy atom. The Morgan fingerprint density at radius 1 is 1.30 bits per heavy atom. The number of carbonyl (C=O) groups excluding carboxylic acids is 1. The van der Waals surface area contributed by atoms with Gasteiger partial charge in [0, 0.05) is 44.0 Å². The summed E-state index contributed by atoms with van der Waals surface area (Å²) in [5.74, 6) is 0.949. The van der Waals surface area contributed by atoms with Crippen molar-refractivity contribution < 1.29 is 9.90 Å². The zero-order valence-electron chi connectivity index (χ0n) is 16.5. The molecule has 5 rings (SSSR count). The fourth-order valence-electron chi connectivity index (χ4n) is 3.48. The third kappa shape index (κ3) is 3.76. The third-order valence-corrected chi connectivity index (χ3v) is 5.23. The van der Waals surface area contributed by atoms with E-state index in [2.05, 4.69) is 26.0 Å². The van der Waals surface area contributed by atoms with Crippen molar-refractivity contribution in [3.8, 4) is 0 Å². The van der Waals surface area contributed by atoms with Crippen LogP contribution >= 0.6 is 0 Å². The molecule has 1 aliphatic heterocycles. The van der Waals surface area contributed by atoms with Crippen LogP contribution in [0.5, 0.6) is 0 Å². The van der Waals surface area contributed by atoms with Crippen molar-refractivity contribution in [2.45, 2.75) is 44.2 Å². The molecular weight excluding hydrogens is 386 g/mol. The maximum absolute atomic E-state index is 12.0. The van der Waals surface area contributed by atoms with Crippen molar-refractivity contribution in [1.82, 2.24) is 35.2 Å². The Hall–Kier alpha value is -3.31. The van der Waals surface area contributed by atoms with Crippen LogP contribution in [0.25, 0.3) is 5.65 Å². The molecule has 1 saturated carbocycles. The molecule has 30 heavy (non-hydrogen) atoms. The van der Waals surface area contributed by atoms with Crippen LogP contribution in [0, 0.1) is 0 Å². The maximum Gasteiger partial charge on any atom is 0.240 e. The highest BCUT2D eigenvalue weighted by atomic mass is 16.3. The second-order valence-electron chi connectivity index (χ2n) is 7.72. The molecule has 1 amide bonds. The fraction of sp³-hybridized carbons (Fsp3) is 0.421. The summed E-state index contributed by atoms with van der Waals surface area (Å²) in [5, 5.41) is 22.7. The van der Waals surface area contributed by atoms with E-state index < -0.39 is 12.4 Å². The van der Waals surface area contributed by atoms with E-state index in [1.165, 1.54) is 0 Å². The number of rotatable bonds is 7. The van der Waals surface area contributed by atoms with Gasteiger partial charge in [-0.2, -0.15) is 19.6 Å². The van der Waals surface area contributed by atoms with Crippen molar-refractivity contribution in [2.75, 3.05) is 17.3 Å². The van der Waals surface area contributed by atoms with E-state index in [9.17, 15) is 9.90 Å². The predicted molar refractivity (Wildman–Crippen MR) is 109 cm³/mol. The van der Waals surface area contributed by atoms with E-state index >= 15 is 0 Å². The van der Waals surface area contributed by atoms with Gasteiger partial charge >= 0.3 is 0 Å². The lowest BCUT2D eigenvalue weighted by atomic mass is 10.1. The summed E-state index contributed by atoms with van der Waals surface area (Å²) in [7, 11) is 1.94. The van der Waals surface area contributed by atoms with Crippen molar-refractivity contribution in [3.05, 3.63) is 41.9 Å². The van der Waals surface area contributed by atoms with Gasteiger partial charge in [-0.15, -0.1) is 0 Å². The number of aliphatic hydroxyl groups excluding tert-OH is 1. The minimum absolute atomic E-state index is 0.248. The summed E-state index contributed by atoms with van der Waals surface area (Å²) >= 11 is 0. The van der Waals surface area contributed by atoms with E-state index in [-0.39, 0.29) is 5.91 Å². The average molecular weight is 409 g/mol. The van der Waals surface area contributed by atoms with Crippen molar-refractivity contribution >= 4 is 23.5 Å². The first kappa shape index (κ1) is 18.7. The summed E-state index contributed by atoms with van der Waals surface area (Å²) < 4.78 is 1.68. The van der Waals surface area contributed by atoms with E-state index in [0.29, 0.717) is 36.6 Å². The Labute approximate surface area is 172 Å². The number of carbonyl (C=O) groups is 1. The number of aromatic nitrogens is 5. The first-order valence-electron chi connectivity index (χ1n) is 9.92. The van der Waals surface area contributed by atoms with Gasteiger partial charge in [0.2, 0.25) is 17.8 Å². The van der Waals surface area contributed by atoms with E-state index in [1.54, 1.807) is 23.1 Å². The smallest absolute Gasteiger partial charge is 0.240 e. The Balaban J connectivity index is 1.48. The number of hydrogen-bond donors (Lipinski definition) is 4. The van der Waals surface area contributed by atoms with Gasteiger partial charge in [0.05, 0.1) is 12.2 Å². The second kappa shape index (κ2) is 7.50. The predicted octanol–water partition coefficient (Wildman–Crippen LogP) is -0.364. The number of nitrogens with zero attached hydrogens (tertiary/aromatic N) is 6. The lowest BCUT2D eigenvalue weighted by Crippen LogP contribution is -2.34. The molecule has 4 N–H and O–H groups in total. The highest BCUT2D eigenvalue weighted by Crippen LogP contribution is 2.26. The molecule has 2 fully saturated rings. The van der Waals surface area contributed by atoms with Gasteiger partial charge in [-0.1, -0.05) is 0 Å². The summed E-state index contributed by atoms with van der Waals surface area (Å²) in [6.45, 7) is 0.629. The van der Waals surface area contributed by atoms with Crippen LogP contribution in [-0.2, 0) is 17.8 Å². The van der Waals surface area contributed by atoms with Crippen LogP contribution in [-0.4, -0.2) is 61.1 Å². The second-order valence-corrected chi connectivity index (χ2v) is 7.72. The molecule has 1 aliphatic carbocycles.